The van der Waals surface area contributed by atoms with Crippen LogP contribution in [0.1, 0.15) is 11.1 Å². The molecule has 4 rings (SSSR count). The van der Waals surface area contributed by atoms with Crippen molar-refractivity contribution in [3.63, 3.8) is 0 Å². The van der Waals surface area contributed by atoms with Crippen molar-refractivity contribution in [2.24, 2.45) is 0 Å². The first kappa shape index (κ1) is 19.5. The predicted molar refractivity (Wildman–Crippen MR) is 122 cm³/mol. The lowest BCUT2D eigenvalue weighted by Gasteiger charge is -2.09. The van der Waals surface area contributed by atoms with Crippen molar-refractivity contribution in [2.45, 2.75) is 6.54 Å². The second-order valence-electron chi connectivity index (χ2n) is 6.98. The summed E-state index contributed by atoms with van der Waals surface area (Å²) in [5.74, 6) is 1.63. The number of aromatic nitrogens is 2. The molecule has 0 amide bonds. The highest BCUT2D eigenvalue weighted by atomic mass is 16.5. The molecule has 0 atom stereocenters. The molecule has 0 fully saturated rings. The minimum absolute atomic E-state index is 0.661. The smallest absolute Gasteiger partial charge is 0.119 e. The molecule has 0 N–H and O–H groups in total. The van der Waals surface area contributed by atoms with Gasteiger partial charge in [-0.2, -0.15) is 5.10 Å². The number of hydrogen-bond acceptors (Lipinski definition) is 3. The second kappa shape index (κ2) is 8.70. The first-order valence-corrected chi connectivity index (χ1v) is 9.78. The van der Waals surface area contributed by atoms with E-state index in [0.717, 1.165) is 39.6 Å². The van der Waals surface area contributed by atoms with Crippen molar-refractivity contribution >= 4 is 6.08 Å². The van der Waals surface area contributed by atoms with E-state index in [1.54, 1.807) is 14.2 Å². The largest absolute Gasteiger partial charge is 0.497 e. The second-order valence-corrected chi connectivity index (χ2v) is 6.98. The van der Waals surface area contributed by atoms with Gasteiger partial charge in [-0.15, -0.1) is 0 Å². The Hall–Kier alpha value is -3.79. The summed E-state index contributed by atoms with van der Waals surface area (Å²) in [7, 11) is 3.35. The SMILES string of the molecule is C=Cc1ccc(Cn2nc(-c3cccc(OC)c3)cc2-c2cccc(OC)c2)cc1. The number of ether oxygens (including phenoxy) is 2. The third-order valence-electron chi connectivity index (χ3n) is 5.06. The van der Waals surface area contributed by atoms with Gasteiger partial charge in [-0.05, 0) is 41.5 Å². The highest BCUT2D eigenvalue weighted by molar-refractivity contribution is 5.70. The van der Waals surface area contributed by atoms with Crippen molar-refractivity contribution in [1.29, 1.82) is 0 Å². The summed E-state index contributed by atoms with van der Waals surface area (Å²) in [5.41, 5.74) is 6.27. The zero-order chi connectivity index (χ0) is 20.9. The molecule has 1 heterocycles. The maximum absolute atomic E-state index is 5.43. The monoisotopic (exact) mass is 396 g/mol. The first-order chi connectivity index (χ1) is 14.7. The van der Waals surface area contributed by atoms with E-state index in [9.17, 15) is 0 Å². The molecule has 0 aliphatic carbocycles. The van der Waals surface area contributed by atoms with Gasteiger partial charge in [0.1, 0.15) is 11.5 Å². The average molecular weight is 396 g/mol. The molecule has 0 spiro atoms. The Morgan fingerprint density at radius 3 is 2.10 bits per heavy atom. The van der Waals surface area contributed by atoms with Crippen molar-refractivity contribution in [1.82, 2.24) is 9.78 Å². The average Bonchev–Trinajstić information content (AvgIpc) is 3.23. The molecule has 4 nitrogen and oxygen atoms in total. The van der Waals surface area contributed by atoms with Crippen molar-refractivity contribution in [2.75, 3.05) is 14.2 Å². The highest BCUT2D eigenvalue weighted by Crippen LogP contribution is 2.30. The lowest BCUT2D eigenvalue weighted by Crippen LogP contribution is -2.04. The summed E-state index contributed by atoms with van der Waals surface area (Å²) in [4.78, 5) is 0. The lowest BCUT2D eigenvalue weighted by atomic mass is 10.1. The van der Waals surface area contributed by atoms with Gasteiger partial charge in [0.15, 0.2) is 0 Å². The molecule has 0 unspecified atom stereocenters. The van der Waals surface area contributed by atoms with Crippen LogP contribution < -0.4 is 9.47 Å². The zero-order valence-corrected chi connectivity index (χ0v) is 17.2. The molecule has 0 saturated heterocycles. The van der Waals surface area contributed by atoms with Crippen molar-refractivity contribution in [3.8, 4) is 34.0 Å². The van der Waals surface area contributed by atoms with Crippen LogP contribution in [0.5, 0.6) is 11.5 Å². The summed E-state index contributed by atoms with van der Waals surface area (Å²) in [6.07, 6.45) is 1.85. The summed E-state index contributed by atoms with van der Waals surface area (Å²) in [6, 6.07) is 26.5. The predicted octanol–water partition coefficient (Wildman–Crippen LogP) is 5.93. The fourth-order valence-corrected chi connectivity index (χ4v) is 3.41. The van der Waals surface area contributed by atoms with Gasteiger partial charge in [0.2, 0.25) is 0 Å². The molecule has 4 heteroatoms. The standard InChI is InChI=1S/C26H24N2O2/c1-4-19-11-13-20(14-12-19)18-28-26(22-8-6-10-24(16-22)30-3)17-25(27-28)21-7-5-9-23(15-21)29-2/h4-17H,1,18H2,2-3H3. The van der Waals surface area contributed by atoms with Crippen LogP contribution in [0, 0.1) is 0 Å². The fraction of sp³-hybridized carbons (Fsp3) is 0.115. The maximum atomic E-state index is 5.43. The topological polar surface area (TPSA) is 36.3 Å². The molecule has 150 valence electrons. The van der Waals surface area contributed by atoms with E-state index in [4.69, 9.17) is 14.6 Å². The molecule has 0 bridgehead atoms. The molecule has 1 aromatic heterocycles. The first-order valence-electron chi connectivity index (χ1n) is 9.78. The van der Waals surface area contributed by atoms with E-state index in [0.29, 0.717) is 6.54 Å². The van der Waals surface area contributed by atoms with E-state index in [2.05, 4.69) is 43.0 Å². The molecular formula is C26H24N2O2. The van der Waals surface area contributed by atoms with Gasteiger partial charge in [-0.3, -0.25) is 4.68 Å². The Balaban J connectivity index is 1.78. The van der Waals surface area contributed by atoms with E-state index >= 15 is 0 Å². The molecule has 4 aromatic rings. The Kier molecular flexibility index (Phi) is 5.66. The van der Waals surface area contributed by atoms with Gasteiger partial charge in [-0.1, -0.05) is 61.2 Å². The number of hydrogen-bond donors (Lipinski definition) is 0. The maximum Gasteiger partial charge on any atom is 0.119 e. The van der Waals surface area contributed by atoms with E-state index in [1.807, 2.05) is 53.2 Å². The highest BCUT2D eigenvalue weighted by Gasteiger charge is 2.13. The lowest BCUT2D eigenvalue weighted by molar-refractivity contribution is 0.415. The fourth-order valence-electron chi connectivity index (χ4n) is 3.41. The quantitative estimate of drug-likeness (QED) is 0.389. The summed E-state index contributed by atoms with van der Waals surface area (Å²) < 4.78 is 12.8. The van der Waals surface area contributed by atoms with Crippen LogP contribution in [-0.2, 0) is 6.54 Å². The van der Waals surface area contributed by atoms with Crippen LogP contribution in [0.3, 0.4) is 0 Å². The van der Waals surface area contributed by atoms with Crippen LogP contribution in [-0.4, -0.2) is 24.0 Å². The van der Waals surface area contributed by atoms with Crippen molar-refractivity contribution in [3.05, 3.63) is 96.6 Å². The molecule has 0 aliphatic heterocycles. The summed E-state index contributed by atoms with van der Waals surface area (Å²) in [5, 5.41) is 4.93. The van der Waals surface area contributed by atoms with Gasteiger partial charge in [0.05, 0.1) is 32.2 Å². The van der Waals surface area contributed by atoms with Crippen molar-refractivity contribution < 1.29 is 9.47 Å². The summed E-state index contributed by atoms with van der Waals surface area (Å²) >= 11 is 0. The molecule has 0 aliphatic rings. The van der Waals surface area contributed by atoms with Crippen LogP contribution in [0.15, 0.2) is 85.4 Å². The van der Waals surface area contributed by atoms with E-state index < -0.39 is 0 Å². The van der Waals surface area contributed by atoms with Crippen LogP contribution in [0.4, 0.5) is 0 Å². The molecule has 0 saturated carbocycles. The van der Waals surface area contributed by atoms with Gasteiger partial charge in [0.25, 0.3) is 0 Å². The van der Waals surface area contributed by atoms with E-state index in [1.165, 1.54) is 5.56 Å². The van der Waals surface area contributed by atoms with Crippen LogP contribution in [0.2, 0.25) is 0 Å². The third-order valence-corrected chi connectivity index (χ3v) is 5.06. The molecular weight excluding hydrogens is 372 g/mol. The van der Waals surface area contributed by atoms with Gasteiger partial charge < -0.3 is 9.47 Å². The van der Waals surface area contributed by atoms with Gasteiger partial charge in [-0.25, -0.2) is 0 Å². The van der Waals surface area contributed by atoms with Gasteiger partial charge in [0, 0.05) is 11.1 Å². The summed E-state index contributed by atoms with van der Waals surface area (Å²) in [6.45, 7) is 4.49. The molecule has 0 radical (unpaired) electrons. The van der Waals surface area contributed by atoms with Crippen LogP contribution >= 0.6 is 0 Å². The Labute approximate surface area is 177 Å². The normalized spacial score (nSPS) is 10.6. The van der Waals surface area contributed by atoms with Gasteiger partial charge >= 0.3 is 0 Å². The van der Waals surface area contributed by atoms with Crippen LogP contribution in [0.25, 0.3) is 28.6 Å². The molecule has 30 heavy (non-hydrogen) atoms. The Bertz CT molecular complexity index is 1160. The third kappa shape index (κ3) is 4.13. The zero-order valence-electron chi connectivity index (χ0n) is 17.2. The minimum Gasteiger partial charge on any atom is -0.497 e. The number of benzene rings is 3. The number of nitrogens with zero attached hydrogens (tertiary/aromatic N) is 2. The number of methoxy groups -OCH3 is 2. The van der Waals surface area contributed by atoms with E-state index in [-0.39, 0.29) is 0 Å². The number of rotatable bonds is 7. The molecule has 3 aromatic carbocycles. The Morgan fingerprint density at radius 1 is 0.833 bits per heavy atom. The Morgan fingerprint density at radius 2 is 1.47 bits per heavy atom. The minimum atomic E-state index is 0.661.